The van der Waals surface area contributed by atoms with Gasteiger partial charge >= 0.3 is 0 Å². The predicted molar refractivity (Wildman–Crippen MR) is 62.5 cm³/mol. The lowest BCUT2D eigenvalue weighted by atomic mass is 10.1. The van der Waals surface area contributed by atoms with Gasteiger partial charge in [-0.1, -0.05) is 6.07 Å². The maximum Gasteiger partial charge on any atom is 0.223 e. The van der Waals surface area contributed by atoms with E-state index in [1.165, 1.54) is 6.92 Å². The number of fused-ring (bicyclic) bond motifs is 1. The summed E-state index contributed by atoms with van der Waals surface area (Å²) in [5.74, 6) is -0.0478. The molecule has 0 bridgehead atoms. The third-order valence-electron chi connectivity index (χ3n) is 2.72. The maximum absolute atomic E-state index is 11.4. The normalized spacial score (nSPS) is 13.5. The molecule has 2 amide bonds. The van der Waals surface area contributed by atoms with Crippen LogP contribution >= 0.6 is 0 Å². The Hall–Kier alpha value is -1.84. The predicted octanol–water partition coefficient (Wildman–Crippen LogP) is 1.55. The number of amides is 2. The van der Waals surface area contributed by atoms with Gasteiger partial charge in [-0.25, -0.2) is 0 Å². The standard InChI is InChI=1S/C12H14N2O2/c1-8(15)13-11-4-3-5-12-10(11)6-7-14(12)9(2)16/h3-5H,6-7H2,1-2H3,(H,13,15). The van der Waals surface area contributed by atoms with Crippen molar-refractivity contribution in [3.63, 3.8) is 0 Å². The van der Waals surface area contributed by atoms with E-state index in [1.54, 1.807) is 11.8 Å². The van der Waals surface area contributed by atoms with Gasteiger partial charge < -0.3 is 10.2 Å². The van der Waals surface area contributed by atoms with Gasteiger partial charge in [0.05, 0.1) is 0 Å². The molecule has 4 heteroatoms. The van der Waals surface area contributed by atoms with Crippen molar-refractivity contribution in [2.24, 2.45) is 0 Å². The average molecular weight is 218 g/mol. The molecule has 1 aromatic rings. The number of rotatable bonds is 1. The third-order valence-corrected chi connectivity index (χ3v) is 2.72. The molecule has 1 heterocycles. The lowest BCUT2D eigenvalue weighted by Gasteiger charge is -2.15. The van der Waals surface area contributed by atoms with Crippen LogP contribution < -0.4 is 10.2 Å². The summed E-state index contributed by atoms with van der Waals surface area (Å²) in [6, 6.07) is 5.63. The number of hydrogen-bond acceptors (Lipinski definition) is 2. The molecule has 0 fully saturated rings. The Morgan fingerprint density at radius 2 is 2.06 bits per heavy atom. The number of hydrogen-bond donors (Lipinski definition) is 1. The summed E-state index contributed by atoms with van der Waals surface area (Å²) in [5.41, 5.74) is 2.78. The van der Waals surface area contributed by atoms with Gasteiger partial charge in [0.1, 0.15) is 0 Å². The number of benzene rings is 1. The second-order valence-corrected chi connectivity index (χ2v) is 3.91. The van der Waals surface area contributed by atoms with E-state index in [4.69, 9.17) is 0 Å². The Morgan fingerprint density at radius 1 is 1.31 bits per heavy atom. The van der Waals surface area contributed by atoms with Gasteiger partial charge in [-0.3, -0.25) is 9.59 Å². The topological polar surface area (TPSA) is 49.4 Å². The van der Waals surface area contributed by atoms with Crippen molar-refractivity contribution in [2.75, 3.05) is 16.8 Å². The van der Waals surface area contributed by atoms with Crippen molar-refractivity contribution in [1.82, 2.24) is 0 Å². The molecule has 0 aliphatic carbocycles. The van der Waals surface area contributed by atoms with Crippen molar-refractivity contribution >= 4 is 23.2 Å². The summed E-state index contributed by atoms with van der Waals surface area (Å²) in [6.07, 6.45) is 0.797. The Morgan fingerprint density at radius 3 is 2.69 bits per heavy atom. The molecule has 1 aliphatic rings. The van der Waals surface area contributed by atoms with Crippen LogP contribution in [0.25, 0.3) is 0 Å². The zero-order valence-corrected chi connectivity index (χ0v) is 9.41. The summed E-state index contributed by atoms with van der Waals surface area (Å²) in [4.78, 5) is 24.2. The highest BCUT2D eigenvalue weighted by molar-refractivity contribution is 5.97. The minimum atomic E-state index is -0.0883. The van der Waals surface area contributed by atoms with Crippen molar-refractivity contribution < 1.29 is 9.59 Å². The molecule has 16 heavy (non-hydrogen) atoms. The van der Waals surface area contributed by atoms with E-state index in [0.717, 1.165) is 23.4 Å². The first-order valence-electron chi connectivity index (χ1n) is 5.27. The summed E-state index contributed by atoms with van der Waals surface area (Å²) in [5, 5.41) is 2.79. The molecule has 0 radical (unpaired) electrons. The Balaban J connectivity index is 2.39. The molecule has 1 aliphatic heterocycles. The molecule has 1 aromatic carbocycles. The highest BCUT2D eigenvalue weighted by Crippen LogP contribution is 2.33. The van der Waals surface area contributed by atoms with E-state index in [9.17, 15) is 9.59 Å². The van der Waals surface area contributed by atoms with Crippen molar-refractivity contribution in [3.8, 4) is 0 Å². The van der Waals surface area contributed by atoms with Crippen LogP contribution in [-0.2, 0) is 16.0 Å². The highest BCUT2D eigenvalue weighted by Gasteiger charge is 2.24. The maximum atomic E-state index is 11.4. The second-order valence-electron chi connectivity index (χ2n) is 3.91. The monoisotopic (exact) mass is 218 g/mol. The van der Waals surface area contributed by atoms with Crippen LogP contribution in [0.2, 0.25) is 0 Å². The van der Waals surface area contributed by atoms with Crippen molar-refractivity contribution in [1.29, 1.82) is 0 Å². The van der Waals surface area contributed by atoms with Gasteiger partial charge in [-0.2, -0.15) is 0 Å². The van der Waals surface area contributed by atoms with E-state index in [1.807, 2.05) is 18.2 Å². The van der Waals surface area contributed by atoms with Crippen LogP contribution in [0, 0.1) is 0 Å². The quantitative estimate of drug-likeness (QED) is 0.777. The van der Waals surface area contributed by atoms with Gasteiger partial charge in [0.15, 0.2) is 0 Å². The van der Waals surface area contributed by atoms with Gasteiger partial charge in [0, 0.05) is 37.3 Å². The van der Waals surface area contributed by atoms with E-state index in [0.29, 0.717) is 6.54 Å². The largest absolute Gasteiger partial charge is 0.326 e. The number of nitrogens with one attached hydrogen (secondary N) is 1. The van der Waals surface area contributed by atoms with Gasteiger partial charge in [0.2, 0.25) is 11.8 Å². The van der Waals surface area contributed by atoms with Crippen molar-refractivity contribution in [2.45, 2.75) is 20.3 Å². The number of carbonyl (C=O) groups is 2. The fourth-order valence-corrected chi connectivity index (χ4v) is 2.07. The van der Waals surface area contributed by atoms with E-state index in [-0.39, 0.29) is 11.8 Å². The molecular formula is C12H14N2O2. The fourth-order valence-electron chi connectivity index (χ4n) is 2.07. The molecule has 1 N–H and O–H groups in total. The summed E-state index contributed by atoms with van der Waals surface area (Å²) < 4.78 is 0. The van der Waals surface area contributed by atoms with Gasteiger partial charge in [-0.05, 0) is 18.6 Å². The molecular weight excluding hydrogens is 204 g/mol. The van der Waals surface area contributed by atoms with Crippen LogP contribution in [0.3, 0.4) is 0 Å². The smallest absolute Gasteiger partial charge is 0.223 e. The third kappa shape index (κ3) is 1.78. The number of nitrogens with zero attached hydrogens (tertiary/aromatic N) is 1. The Kier molecular flexibility index (Phi) is 2.64. The summed E-state index contributed by atoms with van der Waals surface area (Å²) in [6.45, 7) is 3.73. The first kappa shape index (κ1) is 10.7. The van der Waals surface area contributed by atoms with Crippen LogP contribution in [-0.4, -0.2) is 18.4 Å². The fraction of sp³-hybridized carbons (Fsp3) is 0.333. The molecule has 0 saturated carbocycles. The molecule has 84 valence electrons. The van der Waals surface area contributed by atoms with Crippen LogP contribution in [0.4, 0.5) is 11.4 Å². The SMILES string of the molecule is CC(=O)Nc1cccc2c1CCN2C(C)=O. The summed E-state index contributed by atoms with van der Waals surface area (Å²) in [7, 11) is 0. The zero-order chi connectivity index (χ0) is 11.7. The van der Waals surface area contributed by atoms with Gasteiger partial charge in [0.25, 0.3) is 0 Å². The first-order chi connectivity index (χ1) is 7.59. The minimum Gasteiger partial charge on any atom is -0.326 e. The molecule has 0 aromatic heterocycles. The van der Waals surface area contributed by atoms with E-state index < -0.39 is 0 Å². The molecule has 2 rings (SSSR count). The van der Waals surface area contributed by atoms with Crippen molar-refractivity contribution in [3.05, 3.63) is 23.8 Å². The highest BCUT2D eigenvalue weighted by atomic mass is 16.2. The Labute approximate surface area is 94.2 Å². The van der Waals surface area contributed by atoms with E-state index in [2.05, 4.69) is 5.32 Å². The molecule has 0 atom stereocenters. The number of carbonyl (C=O) groups excluding carboxylic acids is 2. The minimum absolute atomic E-state index is 0.0405. The molecule has 0 unspecified atom stereocenters. The second kappa shape index (κ2) is 3.96. The van der Waals surface area contributed by atoms with Crippen LogP contribution in [0.15, 0.2) is 18.2 Å². The number of anilines is 2. The molecule has 0 spiro atoms. The van der Waals surface area contributed by atoms with Crippen LogP contribution in [0.5, 0.6) is 0 Å². The lowest BCUT2D eigenvalue weighted by molar-refractivity contribution is -0.116. The van der Waals surface area contributed by atoms with Crippen LogP contribution in [0.1, 0.15) is 19.4 Å². The Bertz CT molecular complexity index is 454. The zero-order valence-electron chi connectivity index (χ0n) is 9.41. The molecule has 4 nitrogen and oxygen atoms in total. The van der Waals surface area contributed by atoms with Gasteiger partial charge in [-0.15, -0.1) is 0 Å². The molecule has 0 saturated heterocycles. The van der Waals surface area contributed by atoms with E-state index >= 15 is 0 Å². The lowest BCUT2D eigenvalue weighted by Crippen LogP contribution is -2.25. The first-order valence-corrected chi connectivity index (χ1v) is 5.27. The average Bonchev–Trinajstić information content (AvgIpc) is 2.61. The summed E-state index contributed by atoms with van der Waals surface area (Å²) >= 11 is 0.